The molecule has 1 aromatic heterocycles. The van der Waals surface area contributed by atoms with Gasteiger partial charge >= 0.3 is 6.16 Å². The lowest BCUT2D eigenvalue weighted by Crippen LogP contribution is -2.60. The van der Waals surface area contributed by atoms with Gasteiger partial charge in [0.2, 0.25) is 12.2 Å². The van der Waals surface area contributed by atoms with Crippen molar-refractivity contribution in [3.05, 3.63) is 41.1 Å². The van der Waals surface area contributed by atoms with E-state index in [9.17, 15) is 20.1 Å². The lowest BCUT2D eigenvalue weighted by atomic mass is 9.99. The van der Waals surface area contributed by atoms with E-state index in [4.69, 9.17) is 23.7 Å². The van der Waals surface area contributed by atoms with Crippen molar-refractivity contribution in [3.8, 4) is 11.6 Å². The fourth-order valence-electron chi connectivity index (χ4n) is 3.85. The Kier molecular flexibility index (Phi) is 8.95. The van der Waals surface area contributed by atoms with Gasteiger partial charge in [-0.25, -0.2) is 4.79 Å². The summed E-state index contributed by atoms with van der Waals surface area (Å²) in [6.07, 6.45) is -7.64. The summed E-state index contributed by atoms with van der Waals surface area (Å²) in [6.45, 7) is 7.23. The molecule has 1 aliphatic heterocycles. The summed E-state index contributed by atoms with van der Waals surface area (Å²) < 4.78 is 28.3. The van der Waals surface area contributed by atoms with Gasteiger partial charge in [-0.2, -0.15) is 0 Å². The van der Waals surface area contributed by atoms with Crippen molar-refractivity contribution in [1.82, 2.24) is 9.78 Å². The molecule has 1 aliphatic rings. The highest BCUT2D eigenvalue weighted by Gasteiger charge is 2.46. The predicted molar refractivity (Wildman–Crippen MR) is 123 cm³/mol. The number of carbonyl (C=O) groups is 1. The van der Waals surface area contributed by atoms with E-state index in [1.54, 1.807) is 18.7 Å². The molecule has 0 amide bonds. The van der Waals surface area contributed by atoms with Gasteiger partial charge in [0.15, 0.2) is 0 Å². The number of hydrogen-bond donors (Lipinski definition) is 3. The van der Waals surface area contributed by atoms with Crippen LogP contribution in [0.5, 0.6) is 11.6 Å². The summed E-state index contributed by atoms with van der Waals surface area (Å²) in [6, 6.07) is 7.63. The second-order valence-electron chi connectivity index (χ2n) is 8.56. The van der Waals surface area contributed by atoms with E-state index in [0.29, 0.717) is 6.42 Å². The number of aromatic nitrogens is 2. The van der Waals surface area contributed by atoms with Crippen LogP contribution in [0.25, 0.3) is 0 Å². The van der Waals surface area contributed by atoms with Gasteiger partial charge in [0, 0.05) is 23.7 Å². The van der Waals surface area contributed by atoms with Crippen LogP contribution in [0.1, 0.15) is 43.6 Å². The molecule has 1 aromatic carbocycles. The molecule has 11 heteroatoms. The average molecular weight is 495 g/mol. The Morgan fingerprint density at radius 3 is 2.40 bits per heavy atom. The van der Waals surface area contributed by atoms with Gasteiger partial charge in [-0.05, 0) is 45.4 Å². The fourth-order valence-corrected chi connectivity index (χ4v) is 3.85. The second kappa shape index (κ2) is 11.7. The third-order valence-corrected chi connectivity index (χ3v) is 5.79. The van der Waals surface area contributed by atoms with Gasteiger partial charge in [-0.3, -0.25) is 4.68 Å². The zero-order chi connectivity index (χ0) is 25.7. The van der Waals surface area contributed by atoms with E-state index < -0.39 is 43.5 Å². The van der Waals surface area contributed by atoms with E-state index in [0.717, 1.165) is 22.6 Å². The number of aliphatic hydroxyl groups excluding tert-OH is 3. The lowest BCUT2D eigenvalue weighted by molar-refractivity contribution is -0.278. The quantitative estimate of drug-likeness (QED) is 0.441. The third kappa shape index (κ3) is 6.23. The molecule has 2 aromatic rings. The summed E-state index contributed by atoms with van der Waals surface area (Å²) in [7, 11) is 1.60. The normalized spacial score (nSPS) is 24.3. The SMILES string of the molecule is CCOC(=O)OC[C@H]1OC(Oc2nn(C(C)C)c(C)c2Cc2ccc(OC)cc2)[C@H](O)[C@@H](O)[C@@H]1O. The molecular formula is C24H34N2O9. The topological polar surface area (TPSA) is 142 Å². The Bertz CT molecular complexity index is 976. The minimum atomic E-state index is -1.59. The Balaban J connectivity index is 1.83. The monoisotopic (exact) mass is 494 g/mol. The molecule has 0 bridgehead atoms. The summed E-state index contributed by atoms with van der Waals surface area (Å²) in [5, 5.41) is 35.8. The van der Waals surface area contributed by atoms with Crippen LogP contribution in [-0.2, 0) is 20.6 Å². The molecule has 0 saturated carbocycles. The molecule has 3 N–H and O–H groups in total. The Hall–Kier alpha value is -2.86. The maximum absolute atomic E-state index is 11.5. The highest BCUT2D eigenvalue weighted by atomic mass is 16.7. The molecule has 5 atom stereocenters. The van der Waals surface area contributed by atoms with Gasteiger partial charge in [0.05, 0.1) is 13.7 Å². The van der Waals surface area contributed by atoms with Crippen molar-refractivity contribution in [3.63, 3.8) is 0 Å². The molecule has 0 spiro atoms. The van der Waals surface area contributed by atoms with Crippen LogP contribution >= 0.6 is 0 Å². The van der Waals surface area contributed by atoms with Crippen LogP contribution in [0.3, 0.4) is 0 Å². The van der Waals surface area contributed by atoms with Crippen LogP contribution in [0, 0.1) is 6.92 Å². The number of carbonyl (C=O) groups excluding carboxylic acids is 1. The summed E-state index contributed by atoms with van der Waals surface area (Å²) in [5.41, 5.74) is 2.64. The Labute approximate surface area is 204 Å². The van der Waals surface area contributed by atoms with Crippen molar-refractivity contribution in [2.45, 2.75) is 70.9 Å². The van der Waals surface area contributed by atoms with Crippen LogP contribution in [0.15, 0.2) is 24.3 Å². The highest BCUT2D eigenvalue weighted by molar-refractivity contribution is 5.59. The van der Waals surface area contributed by atoms with Crippen molar-refractivity contribution >= 4 is 6.16 Å². The van der Waals surface area contributed by atoms with E-state index in [1.807, 2.05) is 45.0 Å². The molecule has 11 nitrogen and oxygen atoms in total. The average Bonchev–Trinajstić information content (AvgIpc) is 3.14. The van der Waals surface area contributed by atoms with E-state index in [2.05, 4.69) is 5.10 Å². The largest absolute Gasteiger partial charge is 0.508 e. The highest BCUT2D eigenvalue weighted by Crippen LogP contribution is 2.31. The van der Waals surface area contributed by atoms with Crippen LogP contribution < -0.4 is 9.47 Å². The van der Waals surface area contributed by atoms with Crippen LogP contribution in [-0.4, -0.2) is 82.3 Å². The van der Waals surface area contributed by atoms with Gasteiger partial charge in [0.1, 0.15) is 36.8 Å². The van der Waals surface area contributed by atoms with Crippen molar-refractivity contribution in [2.75, 3.05) is 20.3 Å². The van der Waals surface area contributed by atoms with Gasteiger partial charge < -0.3 is 39.0 Å². The van der Waals surface area contributed by atoms with Crippen LogP contribution in [0.2, 0.25) is 0 Å². The maximum Gasteiger partial charge on any atom is 0.508 e. The van der Waals surface area contributed by atoms with Crippen molar-refractivity contribution in [1.29, 1.82) is 0 Å². The molecule has 2 heterocycles. The first-order valence-electron chi connectivity index (χ1n) is 11.5. The number of ether oxygens (including phenoxy) is 5. The first kappa shape index (κ1) is 26.7. The second-order valence-corrected chi connectivity index (χ2v) is 8.56. The smallest absolute Gasteiger partial charge is 0.497 e. The summed E-state index contributed by atoms with van der Waals surface area (Å²) in [4.78, 5) is 11.5. The number of hydrogen-bond acceptors (Lipinski definition) is 10. The van der Waals surface area contributed by atoms with Gasteiger partial charge in [-0.1, -0.05) is 12.1 Å². The molecule has 1 fully saturated rings. The number of benzene rings is 1. The Morgan fingerprint density at radius 1 is 1.11 bits per heavy atom. The third-order valence-electron chi connectivity index (χ3n) is 5.79. The van der Waals surface area contributed by atoms with Crippen molar-refractivity contribution < 1.29 is 43.8 Å². The van der Waals surface area contributed by atoms with Gasteiger partial charge in [-0.15, -0.1) is 5.10 Å². The lowest BCUT2D eigenvalue weighted by Gasteiger charge is -2.39. The number of rotatable bonds is 9. The molecule has 1 unspecified atom stereocenters. The number of methoxy groups -OCH3 is 1. The zero-order valence-electron chi connectivity index (χ0n) is 20.6. The first-order valence-corrected chi connectivity index (χ1v) is 11.5. The van der Waals surface area contributed by atoms with Crippen molar-refractivity contribution in [2.24, 2.45) is 0 Å². The maximum atomic E-state index is 11.5. The molecule has 1 saturated heterocycles. The predicted octanol–water partition coefficient (Wildman–Crippen LogP) is 1.73. The molecular weight excluding hydrogens is 460 g/mol. The summed E-state index contributed by atoms with van der Waals surface area (Å²) in [5.74, 6) is 0.965. The fraction of sp³-hybridized carbons (Fsp3) is 0.583. The zero-order valence-corrected chi connectivity index (χ0v) is 20.6. The van der Waals surface area contributed by atoms with Gasteiger partial charge in [0.25, 0.3) is 0 Å². The molecule has 0 aliphatic carbocycles. The van der Waals surface area contributed by atoms with E-state index >= 15 is 0 Å². The molecule has 35 heavy (non-hydrogen) atoms. The molecule has 3 rings (SSSR count). The van der Waals surface area contributed by atoms with Crippen LogP contribution in [0.4, 0.5) is 4.79 Å². The number of aliphatic hydroxyl groups is 3. The first-order chi connectivity index (χ1) is 16.7. The summed E-state index contributed by atoms with van der Waals surface area (Å²) >= 11 is 0. The van der Waals surface area contributed by atoms with E-state index in [-0.39, 0.29) is 18.5 Å². The molecule has 0 radical (unpaired) electrons. The minimum Gasteiger partial charge on any atom is -0.497 e. The van der Waals surface area contributed by atoms with E-state index in [1.165, 1.54) is 0 Å². The minimum absolute atomic E-state index is 0.0392. The standard InChI is InChI=1S/C24H34N2O9/c1-6-32-24(30)33-12-18-19(27)20(28)21(29)23(34-18)35-22-17(14(4)26(25-22)13(2)3)11-15-7-9-16(31-5)10-8-15/h7-10,13,18-21,23,27-29H,6,11-12H2,1-5H3/t18-,19-,20+,21-,23?/m1/s1. The Morgan fingerprint density at radius 2 is 1.80 bits per heavy atom. The number of nitrogens with zero attached hydrogens (tertiary/aromatic N) is 2. The molecule has 194 valence electrons.